The minimum atomic E-state index is -0.858. The topological polar surface area (TPSA) is 105 Å². The highest BCUT2D eigenvalue weighted by Gasteiger charge is 2.35. The molecule has 1 aliphatic rings. The van der Waals surface area contributed by atoms with Crippen molar-refractivity contribution in [2.75, 3.05) is 10.2 Å². The highest BCUT2D eigenvalue weighted by Crippen LogP contribution is 2.31. The zero-order valence-corrected chi connectivity index (χ0v) is 20.7. The normalized spacial score (nSPS) is 14.3. The number of benzene rings is 2. The van der Waals surface area contributed by atoms with Gasteiger partial charge in [-0.05, 0) is 49.9 Å². The number of hydrogen-bond acceptors (Lipinski definition) is 5. The van der Waals surface area contributed by atoms with Crippen LogP contribution in [0, 0.1) is 13.8 Å². The molecule has 0 spiro atoms. The van der Waals surface area contributed by atoms with E-state index in [-0.39, 0.29) is 36.6 Å². The van der Waals surface area contributed by atoms with E-state index in [9.17, 15) is 14.4 Å². The zero-order chi connectivity index (χ0) is 25.5. The van der Waals surface area contributed by atoms with E-state index in [1.54, 1.807) is 13.0 Å². The van der Waals surface area contributed by atoms with E-state index in [1.807, 2.05) is 61.5 Å². The lowest BCUT2D eigenvalue weighted by Crippen LogP contribution is -2.46. The number of aryl methyl sites for hydroxylation is 2. The van der Waals surface area contributed by atoms with Gasteiger partial charge in [-0.25, -0.2) is 0 Å². The van der Waals surface area contributed by atoms with Crippen molar-refractivity contribution in [1.82, 2.24) is 10.5 Å². The number of carbonyl (C=O) groups is 3. The fraction of sp³-hybridized carbons (Fsp3) is 0.357. The molecule has 36 heavy (non-hydrogen) atoms. The van der Waals surface area contributed by atoms with Crippen molar-refractivity contribution in [3.8, 4) is 0 Å². The Morgan fingerprint density at radius 1 is 1.00 bits per heavy atom. The van der Waals surface area contributed by atoms with Crippen molar-refractivity contribution >= 4 is 29.2 Å². The van der Waals surface area contributed by atoms with Gasteiger partial charge in [-0.2, -0.15) is 0 Å². The Morgan fingerprint density at radius 3 is 2.36 bits per heavy atom. The summed E-state index contributed by atoms with van der Waals surface area (Å²) < 4.78 is 4.98. The summed E-state index contributed by atoms with van der Waals surface area (Å²) in [6, 6.07) is 17.6. The first kappa shape index (κ1) is 25.2. The van der Waals surface area contributed by atoms with Gasteiger partial charge in [0.25, 0.3) is 0 Å². The predicted octanol–water partition coefficient (Wildman–Crippen LogP) is 4.84. The average Bonchev–Trinajstić information content (AvgIpc) is 3.53. The molecule has 1 atom stereocenters. The molecule has 1 saturated carbocycles. The van der Waals surface area contributed by atoms with Crippen molar-refractivity contribution in [3.05, 3.63) is 77.6 Å². The number of carbonyl (C=O) groups excluding carboxylic acids is 3. The van der Waals surface area contributed by atoms with Gasteiger partial charge in [-0.15, -0.1) is 0 Å². The van der Waals surface area contributed by atoms with E-state index >= 15 is 0 Å². The Morgan fingerprint density at radius 2 is 1.69 bits per heavy atom. The molecule has 188 valence electrons. The Balaban J connectivity index is 1.61. The van der Waals surface area contributed by atoms with Gasteiger partial charge in [-0.1, -0.05) is 60.5 Å². The molecule has 1 aliphatic carbocycles. The maximum absolute atomic E-state index is 13.7. The fourth-order valence-electron chi connectivity index (χ4n) is 4.64. The zero-order valence-electron chi connectivity index (χ0n) is 20.7. The van der Waals surface area contributed by atoms with Crippen molar-refractivity contribution in [2.24, 2.45) is 0 Å². The maximum atomic E-state index is 13.7. The van der Waals surface area contributed by atoms with Gasteiger partial charge >= 0.3 is 0 Å². The standard InChI is InChI=1S/C28H32N4O4/c1-19-10-6-9-15-23(19)27(28(35)29-21-11-7-8-12-21)32(22-13-4-3-5-14-22)26(34)17-16-25(33)30-24-18-20(2)36-31-24/h3-6,9-10,13-15,18,21,27H,7-8,11-12,16-17H2,1-2H3,(H,29,35)(H,30,31,33)/t27-/m0/s1. The minimum Gasteiger partial charge on any atom is -0.360 e. The predicted molar refractivity (Wildman–Crippen MR) is 137 cm³/mol. The minimum absolute atomic E-state index is 0.0567. The van der Waals surface area contributed by atoms with Crippen LogP contribution in [0.5, 0.6) is 0 Å². The van der Waals surface area contributed by atoms with Crippen molar-refractivity contribution in [1.29, 1.82) is 0 Å². The molecule has 1 aromatic heterocycles. The first-order chi connectivity index (χ1) is 17.4. The van der Waals surface area contributed by atoms with Crippen LogP contribution in [-0.2, 0) is 14.4 Å². The van der Waals surface area contributed by atoms with Crippen LogP contribution in [0.3, 0.4) is 0 Å². The van der Waals surface area contributed by atoms with Gasteiger partial charge in [0.2, 0.25) is 17.7 Å². The second-order valence-corrected chi connectivity index (χ2v) is 9.22. The average molecular weight is 489 g/mol. The Labute approximate surface area is 211 Å². The number of hydrogen-bond donors (Lipinski definition) is 2. The third-order valence-corrected chi connectivity index (χ3v) is 6.46. The summed E-state index contributed by atoms with van der Waals surface area (Å²) in [7, 11) is 0. The first-order valence-corrected chi connectivity index (χ1v) is 12.4. The lowest BCUT2D eigenvalue weighted by atomic mass is 9.97. The lowest BCUT2D eigenvalue weighted by molar-refractivity contribution is -0.127. The molecule has 0 unspecified atom stereocenters. The Hall–Kier alpha value is -3.94. The van der Waals surface area contributed by atoms with Crippen LogP contribution < -0.4 is 15.5 Å². The van der Waals surface area contributed by atoms with Gasteiger partial charge in [-0.3, -0.25) is 19.3 Å². The number of amides is 3. The second kappa shape index (κ2) is 11.7. The van der Waals surface area contributed by atoms with E-state index in [0.717, 1.165) is 36.8 Å². The molecular weight excluding hydrogens is 456 g/mol. The van der Waals surface area contributed by atoms with E-state index in [0.29, 0.717) is 17.3 Å². The van der Waals surface area contributed by atoms with Crippen LogP contribution >= 0.6 is 0 Å². The summed E-state index contributed by atoms with van der Waals surface area (Å²) in [5, 5.41) is 9.58. The van der Waals surface area contributed by atoms with E-state index in [1.165, 1.54) is 4.90 Å². The molecule has 8 nitrogen and oxygen atoms in total. The first-order valence-electron chi connectivity index (χ1n) is 12.4. The van der Waals surface area contributed by atoms with E-state index in [2.05, 4.69) is 15.8 Å². The SMILES string of the molecule is Cc1cc(NC(=O)CCC(=O)N(c2ccccc2)[C@H](C(=O)NC2CCCC2)c2ccccc2C)no1. The fourth-order valence-corrected chi connectivity index (χ4v) is 4.64. The van der Waals surface area contributed by atoms with Crippen LogP contribution in [-0.4, -0.2) is 28.9 Å². The molecule has 4 rings (SSSR count). The van der Waals surface area contributed by atoms with Crippen LogP contribution in [0.25, 0.3) is 0 Å². The molecule has 2 aromatic carbocycles. The number of nitrogens with zero attached hydrogens (tertiary/aromatic N) is 2. The van der Waals surface area contributed by atoms with Gasteiger partial charge in [0.05, 0.1) is 0 Å². The molecule has 0 radical (unpaired) electrons. The highest BCUT2D eigenvalue weighted by atomic mass is 16.5. The molecule has 8 heteroatoms. The van der Waals surface area contributed by atoms with Crippen LogP contribution in [0.1, 0.15) is 61.5 Å². The third-order valence-electron chi connectivity index (χ3n) is 6.46. The van der Waals surface area contributed by atoms with Crippen LogP contribution in [0.4, 0.5) is 11.5 Å². The smallest absolute Gasteiger partial charge is 0.248 e. The number of para-hydroxylation sites is 1. The molecule has 1 heterocycles. The summed E-state index contributed by atoms with van der Waals surface area (Å²) in [4.78, 5) is 41.5. The molecule has 3 aromatic rings. The Kier molecular flexibility index (Phi) is 8.15. The number of aromatic nitrogens is 1. The molecule has 2 N–H and O–H groups in total. The van der Waals surface area contributed by atoms with Gasteiger partial charge in [0, 0.05) is 30.6 Å². The molecule has 1 fully saturated rings. The van der Waals surface area contributed by atoms with E-state index in [4.69, 9.17) is 4.52 Å². The molecule has 0 aliphatic heterocycles. The highest BCUT2D eigenvalue weighted by molar-refractivity contribution is 6.03. The van der Waals surface area contributed by atoms with Gasteiger partial charge in [0.1, 0.15) is 11.8 Å². The molecule has 0 bridgehead atoms. The van der Waals surface area contributed by atoms with E-state index < -0.39 is 6.04 Å². The third kappa shape index (κ3) is 6.19. The maximum Gasteiger partial charge on any atom is 0.248 e. The lowest BCUT2D eigenvalue weighted by Gasteiger charge is -2.33. The van der Waals surface area contributed by atoms with Crippen LogP contribution in [0.15, 0.2) is 65.2 Å². The Bertz CT molecular complexity index is 1200. The van der Waals surface area contributed by atoms with Crippen molar-refractivity contribution < 1.29 is 18.9 Å². The molecule has 0 saturated heterocycles. The van der Waals surface area contributed by atoms with Gasteiger partial charge in [0.15, 0.2) is 5.82 Å². The van der Waals surface area contributed by atoms with Crippen molar-refractivity contribution in [3.63, 3.8) is 0 Å². The second-order valence-electron chi connectivity index (χ2n) is 9.22. The van der Waals surface area contributed by atoms with Crippen molar-refractivity contribution in [2.45, 2.75) is 64.5 Å². The number of rotatable bonds is 9. The summed E-state index contributed by atoms with van der Waals surface area (Å²) in [5.41, 5.74) is 2.27. The molecular formula is C28H32N4O4. The van der Waals surface area contributed by atoms with Crippen LogP contribution in [0.2, 0.25) is 0 Å². The largest absolute Gasteiger partial charge is 0.360 e. The summed E-state index contributed by atoms with van der Waals surface area (Å²) in [6.07, 6.45) is 3.92. The van der Waals surface area contributed by atoms with Gasteiger partial charge < -0.3 is 15.2 Å². The molecule has 3 amide bonds. The summed E-state index contributed by atoms with van der Waals surface area (Å²) in [6.45, 7) is 3.67. The quantitative estimate of drug-likeness (QED) is 0.448. The number of anilines is 2. The monoisotopic (exact) mass is 488 g/mol. The summed E-state index contributed by atoms with van der Waals surface area (Å²) in [5.74, 6) is -0.00415. The number of nitrogens with one attached hydrogen (secondary N) is 2. The summed E-state index contributed by atoms with van der Waals surface area (Å²) >= 11 is 0.